The molecule has 0 N–H and O–H groups in total. The summed E-state index contributed by atoms with van der Waals surface area (Å²) in [5.41, 5.74) is 8.51. The average molecular weight is 487 g/mol. The maximum absolute atomic E-state index is 4.86. The highest BCUT2D eigenvalue weighted by molar-refractivity contribution is 6.20. The first-order valence-electron chi connectivity index (χ1n) is 12.7. The summed E-state index contributed by atoms with van der Waals surface area (Å²) < 4.78 is 0. The second-order valence-electron chi connectivity index (χ2n) is 9.13. The van der Waals surface area contributed by atoms with Gasteiger partial charge in [-0.3, -0.25) is 9.97 Å². The van der Waals surface area contributed by atoms with E-state index in [0.717, 1.165) is 60.8 Å². The van der Waals surface area contributed by atoms with Gasteiger partial charge in [-0.2, -0.15) is 0 Å². The predicted molar refractivity (Wildman–Crippen MR) is 162 cm³/mol. The first-order valence-corrected chi connectivity index (χ1v) is 12.7. The molecule has 0 radical (unpaired) electrons. The van der Waals surface area contributed by atoms with Crippen molar-refractivity contribution in [3.05, 3.63) is 152 Å². The standard InChI is InChI=1S/C36H26N2/c1-3-12-25(4-2)27-19-21-37-33(23-27)35-29-15-8-10-17-31(29)36(32-18-11-9-16-30(32)35)34-24-28(20-22-38-34)26-13-6-5-7-14-26/h3-24H,1-2H2/b25-12+. The second-order valence-corrected chi connectivity index (χ2v) is 9.13. The SMILES string of the molecule is C=C/C=C(\C=C)c1ccnc(-c2c3ccccc3c(-c3cc(-c4ccccc4)ccn3)c3ccccc23)c1. The molecule has 2 aromatic heterocycles. The number of pyridine rings is 2. The predicted octanol–water partition coefficient (Wildman–Crippen LogP) is 9.54. The number of aromatic nitrogens is 2. The molecule has 0 amide bonds. The first-order chi connectivity index (χ1) is 18.8. The van der Waals surface area contributed by atoms with Crippen LogP contribution < -0.4 is 0 Å². The van der Waals surface area contributed by atoms with E-state index in [1.165, 1.54) is 5.56 Å². The fourth-order valence-corrected chi connectivity index (χ4v) is 5.21. The summed E-state index contributed by atoms with van der Waals surface area (Å²) in [4.78, 5) is 9.70. The minimum Gasteiger partial charge on any atom is -0.256 e. The second kappa shape index (κ2) is 10.1. The molecular weight excluding hydrogens is 460 g/mol. The molecule has 4 aromatic carbocycles. The fraction of sp³-hybridized carbons (Fsp3) is 0. The van der Waals surface area contributed by atoms with E-state index in [2.05, 4.69) is 104 Å². The summed E-state index contributed by atoms with van der Waals surface area (Å²) >= 11 is 0. The smallest absolute Gasteiger partial charge is 0.0720 e. The van der Waals surface area contributed by atoms with E-state index in [-0.39, 0.29) is 0 Å². The van der Waals surface area contributed by atoms with Crippen LogP contribution in [0.25, 0.3) is 60.8 Å². The van der Waals surface area contributed by atoms with E-state index in [4.69, 9.17) is 9.97 Å². The lowest BCUT2D eigenvalue weighted by molar-refractivity contribution is 1.32. The molecule has 38 heavy (non-hydrogen) atoms. The van der Waals surface area contributed by atoms with Crippen molar-refractivity contribution < 1.29 is 0 Å². The van der Waals surface area contributed by atoms with Gasteiger partial charge in [0.1, 0.15) is 0 Å². The molecule has 6 rings (SSSR count). The van der Waals surface area contributed by atoms with Gasteiger partial charge in [0.2, 0.25) is 0 Å². The van der Waals surface area contributed by atoms with Gasteiger partial charge in [-0.25, -0.2) is 0 Å². The Morgan fingerprint density at radius 3 is 1.63 bits per heavy atom. The Morgan fingerprint density at radius 2 is 1.08 bits per heavy atom. The van der Waals surface area contributed by atoms with Gasteiger partial charge >= 0.3 is 0 Å². The maximum atomic E-state index is 4.86. The van der Waals surface area contributed by atoms with Crippen LogP contribution in [0.15, 0.2) is 147 Å². The lowest BCUT2D eigenvalue weighted by atomic mass is 9.88. The molecule has 0 spiro atoms. The van der Waals surface area contributed by atoms with E-state index >= 15 is 0 Å². The van der Waals surface area contributed by atoms with Crippen LogP contribution in [0.4, 0.5) is 0 Å². The molecule has 0 atom stereocenters. The van der Waals surface area contributed by atoms with Gasteiger partial charge in [0.15, 0.2) is 0 Å². The zero-order valence-electron chi connectivity index (χ0n) is 21.0. The summed E-state index contributed by atoms with van der Waals surface area (Å²) in [6, 6.07) is 36.0. The molecule has 0 aliphatic rings. The number of hydrogen-bond donors (Lipinski definition) is 0. The largest absolute Gasteiger partial charge is 0.256 e. The van der Waals surface area contributed by atoms with E-state index in [9.17, 15) is 0 Å². The van der Waals surface area contributed by atoms with Crippen LogP contribution in [0.1, 0.15) is 5.56 Å². The van der Waals surface area contributed by atoms with Crippen LogP contribution >= 0.6 is 0 Å². The van der Waals surface area contributed by atoms with Crippen molar-refractivity contribution in [2.45, 2.75) is 0 Å². The van der Waals surface area contributed by atoms with Crippen molar-refractivity contribution in [2.24, 2.45) is 0 Å². The Balaban J connectivity index is 1.66. The summed E-state index contributed by atoms with van der Waals surface area (Å²) in [5.74, 6) is 0. The molecule has 2 heterocycles. The van der Waals surface area contributed by atoms with Crippen molar-refractivity contribution in [3.63, 3.8) is 0 Å². The third kappa shape index (κ3) is 4.12. The van der Waals surface area contributed by atoms with Crippen molar-refractivity contribution in [1.29, 1.82) is 0 Å². The number of nitrogens with zero attached hydrogens (tertiary/aromatic N) is 2. The summed E-state index contributed by atoms with van der Waals surface area (Å²) in [6.07, 6.45) is 9.38. The summed E-state index contributed by atoms with van der Waals surface area (Å²) in [5, 5.41) is 4.59. The van der Waals surface area contributed by atoms with Gasteiger partial charge < -0.3 is 0 Å². The lowest BCUT2D eigenvalue weighted by Crippen LogP contribution is -1.94. The fourth-order valence-electron chi connectivity index (χ4n) is 5.21. The van der Waals surface area contributed by atoms with E-state index in [1.54, 1.807) is 6.08 Å². The zero-order chi connectivity index (χ0) is 25.9. The van der Waals surface area contributed by atoms with E-state index in [1.807, 2.05) is 36.7 Å². The van der Waals surface area contributed by atoms with Crippen LogP contribution in [0.3, 0.4) is 0 Å². The van der Waals surface area contributed by atoms with Crippen LogP contribution in [0.2, 0.25) is 0 Å². The van der Waals surface area contributed by atoms with Crippen molar-refractivity contribution >= 4 is 27.1 Å². The van der Waals surface area contributed by atoms with Crippen molar-refractivity contribution in [1.82, 2.24) is 9.97 Å². The Bertz CT molecular complexity index is 1790. The minimum absolute atomic E-state index is 0.921. The Labute approximate surface area is 223 Å². The highest BCUT2D eigenvalue weighted by Crippen LogP contribution is 2.43. The molecule has 0 aliphatic heterocycles. The normalized spacial score (nSPS) is 11.5. The molecule has 6 aromatic rings. The Morgan fingerprint density at radius 1 is 0.553 bits per heavy atom. The molecule has 180 valence electrons. The molecule has 0 saturated carbocycles. The molecular formula is C36H26N2. The van der Waals surface area contributed by atoms with Crippen LogP contribution in [0, 0.1) is 0 Å². The first kappa shape index (κ1) is 23.3. The van der Waals surface area contributed by atoms with Crippen molar-refractivity contribution in [2.75, 3.05) is 0 Å². The Hall–Kier alpha value is -5.08. The number of benzene rings is 4. The van der Waals surface area contributed by atoms with Gasteiger partial charge in [-0.05, 0) is 68.1 Å². The molecule has 0 unspecified atom stereocenters. The minimum atomic E-state index is 0.921. The summed E-state index contributed by atoms with van der Waals surface area (Å²) in [7, 11) is 0. The highest BCUT2D eigenvalue weighted by Gasteiger charge is 2.18. The topological polar surface area (TPSA) is 25.8 Å². The zero-order valence-corrected chi connectivity index (χ0v) is 21.0. The average Bonchev–Trinajstić information content (AvgIpc) is 2.99. The van der Waals surface area contributed by atoms with Crippen molar-refractivity contribution in [3.8, 4) is 33.6 Å². The van der Waals surface area contributed by atoms with E-state index < -0.39 is 0 Å². The third-order valence-corrected chi connectivity index (χ3v) is 6.92. The molecule has 2 heteroatoms. The van der Waals surface area contributed by atoms with E-state index in [0.29, 0.717) is 0 Å². The monoisotopic (exact) mass is 486 g/mol. The number of rotatable bonds is 6. The third-order valence-electron chi connectivity index (χ3n) is 6.92. The maximum Gasteiger partial charge on any atom is 0.0720 e. The van der Waals surface area contributed by atoms with Crippen LogP contribution in [-0.4, -0.2) is 9.97 Å². The molecule has 0 saturated heterocycles. The number of fused-ring (bicyclic) bond motifs is 2. The van der Waals surface area contributed by atoms with Gasteiger partial charge in [0.25, 0.3) is 0 Å². The number of hydrogen-bond acceptors (Lipinski definition) is 2. The van der Waals surface area contributed by atoms with Crippen LogP contribution in [-0.2, 0) is 0 Å². The Kier molecular flexibility index (Phi) is 6.21. The molecule has 0 aliphatic carbocycles. The molecule has 0 fully saturated rings. The highest BCUT2D eigenvalue weighted by atomic mass is 14.7. The molecule has 0 bridgehead atoms. The van der Waals surface area contributed by atoms with Gasteiger partial charge in [-0.1, -0.05) is 110 Å². The van der Waals surface area contributed by atoms with Crippen LogP contribution in [0.5, 0.6) is 0 Å². The van der Waals surface area contributed by atoms with Gasteiger partial charge in [0, 0.05) is 23.5 Å². The quantitative estimate of drug-likeness (QED) is 0.173. The lowest BCUT2D eigenvalue weighted by Gasteiger charge is -2.17. The number of allylic oxidation sites excluding steroid dienone is 4. The van der Waals surface area contributed by atoms with Gasteiger partial charge in [-0.15, -0.1) is 0 Å². The summed E-state index contributed by atoms with van der Waals surface area (Å²) in [6.45, 7) is 7.84. The van der Waals surface area contributed by atoms with Gasteiger partial charge in [0.05, 0.1) is 11.4 Å². The molecule has 2 nitrogen and oxygen atoms in total.